The van der Waals surface area contributed by atoms with Crippen LogP contribution in [0.15, 0.2) is 41.7 Å². The fourth-order valence-electron chi connectivity index (χ4n) is 5.99. The Kier molecular flexibility index (Phi) is 4.66. The molecule has 0 radical (unpaired) electrons. The van der Waals surface area contributed by atoms with Gasteiger partial charge in [0.1, 0.15) is 5.82 Å². The van der Waals surface area contributed by atoms with Gasteiger partial charge in [0.25, 0.3) is 0 Å². The highest BCUT2D eigenvalue weighted by atomic mass is 16.5. The van der Waals surface area contributed by atoms with Crippen LogP contribution in [0.2, 0.25) is 0 Å². The van der Waals surface area contributed by atoms with Gasteiger partial charge in [-0.3, -0.25) is 9.69 Å². The SMILES string of the molecule is C=CC(=O)N1CCN(c2nc(=O)[nH]c3c2CN(C2CCc4ccccc42)C3)C2COCC21. The molecule has 2 saturated heterocycles. The Morgan fingerprint density at radius 2 is 2.03 bits per heavy atom. The van der Waals surface area contributed by atoms with Crippen molar-refractivity contribution in [1.29, 1.82) is 0 Å². The third kappa shape index (κ3) is 3.01. The van der Waals surface area contributed by atoms with Gasteiger partial charge in [-0.1, -0.05) is 30.8 Å². The second kappa shape index (κ2) is 7.56. The summed E-state index contributed by atoms with van der Waals surface area (Å²) in [5.41, 5.74) is 4.58. The Balaban J connectivity index is 1.32. The van der Waals surface area contributed by atoms with E-state index in [2.05, 4.69) is 50.6 Å². The van der Waals surface area contributed by atoms with Crippen LogP contribution in [0, 0.1) is 0 Å². The van der Waals surface area contributed by atoms with Gasteiger partial charge in [0.2, 0.25) is 5.91 Å². The van der Waals surface area contributed by atoms with E-state index >= 15 is 0 Å². The maximum atomic E-state index is 12.5. The molecular formula is C24H27N5O3. The van der Waals surface area contributed by atoms with E-state index in [0.717, 1.165) is 43.0 Å². The summed E-state index contributed by atoms with van der Waals surface area (Å²) in [4.78, 5) is 38.8. The third-order valence-electron chi connectivity index (χ3n) is 7.50. The molecule has 1 aromatic heterocycles. The maximum Gasteiger partial charge on any atom is 0.347 e. The highest BCUT2D eigenvalue weighted by molar-refractivity contribution is 5.87. The van der Waals surface area contributed by atoms with Gasteiger partial charge in [-0.05, 0) is 30.0 Å². The lowest BCUT2D eigenvalue weighted by molar-refractivity contribution is -0.129. The quantitative estimate of drug-likeness (QED) is 0.737. The normalized spacial score (nSPS) is 26.7. The average Bonchev–Trinajstić information content (AvgIpc) is 3.54. The summed E-state index contributed by atoms with van der Waals surface area (Å²) in [6.07, 6.45) is 3.56. The number of benzene rings is 1. The van der Waals surface area contributed by atoms with Crippen molar-refractivity contribution in [3.05, 3.63) is 69.8 Å². The number of carbonyl (C=O) groups is 1. The number of aromatic nitrogens is 2. The zero-order valence-electron chi connectivity index (χ0n) is 18.0. The number of aryl methyl sites for hydroxylation is 1. The van der Waals surface area contributed by atoms with Gasteiger partial charge in [0, 0.05) is 43.5 Å². The van der Waals surface area contributed by atoms with Crippen molar-refractivity contribution in [3.63, 3.8) is 0 Å². The second-order valence-corrected chi connectivity index (χ2v) is 9.08. The van der Waals surface area contributed by atoms with Crippen LogP contribution in [0.1, 0.15) is 34.8 Å². The Hall–Kier alpha value is -2.97. The van der Waals surface area contributed by atoms with Gasteiger partial charge in [-0.2, -0.15) is 4.98 Å². The minimum absolute atomic E-state index is 0.00712. The number of nitrogens with zero attached hydrogens (tertiary/aromatic N) is 4. The molecule has 3 aliphatic heterocycles. The standard InChI is InChI=1S/C24H27N5O3/c1-2-22(30)28-9-10-29(21-14-32-13-20(21)28)23-17-11-27(12-18(17)25-24(31)26-23)19-8-7-15-5-3-4-6-16(15)19/h2-6,19-21H,1,7-14H2,(H,25,26,31). The molecule has 8 nitrogen and oxygen atoms in total. The lowest BCUT2D eigenvalue weighted by Gasteiger charge is -2.44. The van der Waals surface area contributed by atoms with Crippen LogP contribution in [-0.2, 0) is 29.0 Å². The number of hydrogen-bond donors (Lipinski definition) is 1. The second-order valence-electron chi connectivity index (χ2n) is 9.08. The van der Waals surface area contributed by atoms with Crippen molar-refractivity contribution in [2.75, 3.05) is 31.2 Å². The van der Waals surface area contributed by atoms with E-state index in [1.54, 1.807) is 0 Å². The first kappa shape index (κ1) is 19.7. The predicted octanol–water partition coefficient (Wildman–Crippen LogP) is 1.37. The smallest absolute Gasteiger partial charge is 0.347 e. The third-order valence-corrected chi connectivity index (χ3v) is 7.50. The summed E-state index contributed by atoms with van der Waals surface area (Å²) in [6, 6.07) is 8.97. The van der Waals surface area contributed by atoms with Crippen LogP contribution in [0.4, 0.5) is 5.82 Å². The number of nitrogens with one attached hydrogen (secondary N) is 1. The van der Waals surface area contributed by atoms with Crippen molar-refractivity contribution in [2.45, 2.75) is 44.1 Å². The van der Waals surface area contributed by atoms with E-state index < -0.39 is 0 Å². The average molecular weight is 434 g/mol. The number of piperazine rings is 1. The topological polar surface area (TPSA) is 81.8 Å². The summed E-state index contributed by atoms with van der Waals surface area (Å²) in [5, 5.41) is 0. The Labute approximate surface area is 186 Å². The molecule has 166 valence electrons. The van der Waals surface area contributed by atoms with E-state index in [9.17, 15) is 9.59 Å². The molecule has 1 aromatic carbocycles. The van der Waals surface area contributed by atoms with Crippen molar-refractivity contribution in [3.8, 4) is 0 Å². The summed E-state index contributed by atoms with van der Waals surface area (Å²) < 4.78 is 5.77. The molecule has 3 atom stereocenters. The molecule has 8 heteroatoms. The van der Waals surface area contributed by atoms with E-state index in [1.807, 2.05) is 4.90 Å². The monoisotopic (exact) mass is 433 g/mol. The Morgan fingerprint density at radius 1 is 1.19 bits per heavy atom. The molecule has 1 N–H and O–H groups in total. The van der Waals surface area contributed by atoms with Crippen LogP contribution < -0.4 is 10.6 Å². The van der Waals surface area contributed by atoms with Crippen LogP contribution in [0.5, 0.6) is 0 Å². The van der Waals surface area contributed by atoms with Crippen molar-refractivity contribution >= 4 is 11.7 Å². The number of hydrogen-bond acceptors (Lipinski definition) is 6. The molecular weight excluding hydrogens is 406 g/mol. The summed E-state index contributed by atoms with van der Waals surface area (Å²) >= 11 is 0. The number of H-pyrrole nitrogens is 1. The molecule has 0 bridgehead atoms. The molecule has 4 aliphatic rings. The first-order chi connectivity index (χ1) is 15.6. The summed E-state index contributed by atoms with van der Waals surface area (Å²) in [7, 11) is 0. The van der Waals surface area contributed by atoms with Crippen molar-refractivity contribution in [2.24, 2.45) is 0 Å². The lowest BCUT2D eigenvalue weighted by atomic mass is 10.0. The van der Waals surface area contributed by atoms with E-state index in [1.165, 1.54) is 17.2 Å². The molecule has 0 saturated carbocycles. The molecule has 2 fully saturated rings. The van der Waals surface area contributed by atoms with E-state index in [0.29, 0.717) is 32.3 Å². The highest BCUT2D eigenvalue weighted by Crippen LogP contribution is 2.41. The van der Waals surface area contributed by atoms with Gasteiger partial charge in [-0.15, -0.1) is 0 Å². The van der Waals surface area contributed by atoms with Crippen LogP contribution in [0.25, 0.3) is 0 Å². The van der Waals surface area contributed by atoms with Crippen LogP contribution in [-0.4, -0.2) is 64.1 Å². The Bertz CT molecular complexity index is 1140. The largest absolute Gasteiger partial charge is 0.377 e. The van der Waals surface area contributed by atoms with Crippen LogP contribution in [0.3, 0.4) is 0 Å². The summed E-state index contributed by atoms with van der Waals surface area (Å²) in [5.74, 6) is 0.684. The first-order valence-corrected chi connectivity index (χ1v) is 11.4. The van der Waals surface area contributed by atoms with Crippen LogP contribution >= 0.6 is 0 Å². The number of ether oxygens (including phenoxy) is 1. The maximum absolute atomic E-state index is 12.5. The Morgan fingerprint density at radius 3 is 2.91 bits per heavy atom. The highest BCUT2D eigenvalue weighted by Gasteiger charge is 2.44. The molecule has 2 aromatic rings. The van der Waals surface area contributed by atoms with E-state index in [4.69, 9.17) is 4.74 Å². The van der Waals surface area contributed by atoms with Gasteiger partial charge < -0.3 is 19.5 Å². The fourth-order valence-corrected chi connectivity index (χ4v) is 5.99. The number of carbonyl (C=O) groups excluding carboxylic acids is 1. The molecule has 3 unspecified atom stereocenters. The number of rotatable bonds is 3. The first-order valence-electron chi connectivity index (χ1n) is 11.4. The zero-order chi connectivity index (χ0) is 21.8. The van der Waals surface area contributed by atoms with E-state index in [-0.39, 0.29) is 23.7 Å². The number of fused-ring (bicyclic) bond motifs is 3. The molecule has 1 aliphatic carbocycles. The molecule has 1 amide bonds. The van der Waals surface area contributed by atoms with Gasteiger partial charge in [0.05, 0.1) is 25.3 Å². The minimum Gasteiger partial charge on any atom is -0.377 e. The zero-order valence-corrected chi connectivity index (χ0v) is 18.0. The van der Waals surface area contributed by atoms with Gasteiger partial charge >= 0.3 is 5.69 Å². The molecule has 4 heterocycles. The molecule has 0 spiro atoms. The van der Waals surface area contributed by atoms with Gasteiger partial charge in [0.15, 0.2) is 0 Å². The minimum atomic E-state index is -0.313. The predicted molar refractivity (Wildman–Crippen MR) is 119 cm³/mol. The number of anilines is 1. The molecule has 6 rings (SSSR count). The van der Waals surface area contributed by atoms with Crippen molar-refractivity contribution in [1.82, 2.24) is 19.8 Å². The van der Waals surface area contributed by atoms with Gasteiger partial charge in [-0.25, -0.2) is 4.79 Å². The van der Waals surface area contributed by atoms with Crippen molar-refractivity contribution < 1.29 is 9.53 Å². The summed E-state index contributed by atoms with van der Waals surface area (Å²) in [6.45, 7) is 7.33. The number of aromatic amines is 1. The molecule has 32 heavy (non-hydrogen) atoms. The number of amides is 1. The lowest BCUT2D eigenvalue weighted by Crippen LogP contribution is -2.61. The fraction of sp³-hybridized carbons (Fsp3) is 0.458.